The van der Waals surface area contributed by atoms with Crippen LogP contribution < -0.4 is 10.5 Å². The lowest BCUT2D eigenvalue weighted by Crippen LogP contribution is -2.33. The fourth-order valence-electron chi connectivity index (χ4n) is 1.93. The summed E-state index contributed by atoms with van der Waals surface area (Å²) in [5.41, 5.74) is 7.99. The Morgan fingerprint density at radius 2 is 2.00 bits per heavy atom. The van der Waals surface area contributed by atoms with Crippen LogP contribution in [0.4, 0.5) is 0 Å². The van der Waals surface area contributed by atoms with Crippen molar-refractivity contribution in [3.63, 3.8) is 0 Å². The molecule has 0 radical (unpaired) electrons. The van der Waals surface area contributed by atoms with E-state index < -0.39 is 12.0 Å². The van der Waals surface area contributed by atoms with Crippen LogP contribution in [0.25, 0.3) is 0 Å². The second kappa shape index (κ2) is 6.75. The van der Waals surface area contributed by atoms with Crippen molar-refractivity contribution in [2.45, 2.75) is 45.6 Å². The summed E-state index contributed by atoms with van der Waals surface area (Å²) >= 11 is 0. The maximum absolute atomic E-state index is 11.2. The molecule has 1 aromatic rings. The van der Waals surface area contributed by atoms with Gasteiger partial charge in [0, 0.05) is 6.42 Å². The zero-order valence-electron chi connectivity index (χ0n) is 13.0. The number of methoxy groups -OCH3 is 1. The van der Waals surface area contributed by atoms with Gasteiger partial charge in [0.25, 0.3) is 0 Å². The lowest BCUT2D eigenvalue weighted by Gasteiger charge is -2.23. The molecule has 20 heavy (non-hydrogen) atoms. The first-order chi connectivity index (χ1) is 9.25. The average molecular weight is 279 g/mol. The Hall–Kier alpha value is -1.55. The summed E-state index contributed by atoms with van der Waals surface area (Å²) in [6, 6.07) is 5.55. The highest BCUT2D eigenvalue weighted by Crippen LogP contribution is 2.32. The van der Waals surface area contributed by atoms with Crippen molar-refractivity contribution >= 4 is 5.97 Å². The molecule has 0 aliphatic heterocycles. The average Bonchev–Trinajstić information content (AvgIpc) is 2.36. The normalized spacial score (nSPS) is 12.9. The van der Waals surface area contributed by atoms with Crippen LogP contribution in [-0.4, -0.2) is 25.7 Å². The first-order valence-electron chi connectivity index (χ1n) is 6.83. The molecule has 0 aliphatic carbocycles. The molecule has 112 valence electrons. The molecule has 1 rings (SSSR count). The lowest BCUT2D eigenvalue weighted by molar-refractivity contribution is -0.142. The van der Waals surface area contributed by atoms with E-state index in [1.807, 2.05) is 13.0 Å². The third kappa shape index (κ3) is 4.53. The molecule has 0 amide bonds. The van der Waals surface area contributed by atoms with Gasteiger partial charge in [-0.1, -0.05) is 32.9 Å². The number of benzene rings is 1. The fourth-order valence-corrected chi connectivity index (χ4v) is 1.93. The zero-order chi connectivity index (χ0) is 15.3. The van der Waals surface area contributed by atoms with Gasteiger partial charge in [0.1, 0.15) is 11.8 Å². The van der Waals surface area contributed by atoms with E-state index >= 15 is 0 Å². The summed E-state index contributed by atoms with van der Waals surface area (Å²) in [5, 5.41) is 0. The number of esters is 1. The summed E-state index contributed by atoms with van der Waals surface area (Å²) < 4.78 is 10.4. The van der Waals surface area contributed by atoms with Crippen molar-refractivity contribution in [3.8, 4) is 5.75 Å². The Labute approximate surface area is 121 Å². The largest absolute Gasteiger partial charge is 0.493 e. The third-order valence-corrected chi connectivity index (χ3v) is 3.14. The van der Waals surface area contributed by atoms with Gasteiger partial charge in [-0.05, 0) is 29.5 Å². The van der Waals surface area contributed by atoms with E-state index in [1.165, 1.54) is 7.11 Å². The number of aryl methyl sites for hydroxylation is 1. The maximum atomic E-state index is 11.2. The molecule has 0 fully saturated rings. The first-order valence-corrected chi connectivity index (χ1v) is 6.83. The molecule has 0 spiro atoms. The number of nitrogens with two attached hydrogens (primary N) is 1. The molecule has 0 saturated heterocycles. The highest BCUT2D eigenvalue weighted by atomic mass is 16.5. The van der Waals surface area contributed by atoms with Gasteiger partial charge in [0.2, 0.25) is 0 Å². The lowest BCUT2D eigenvalue weighted by atomic mass is 9.86. The maximum Gasteiger partial charge on any atom is 0.322 e. The Bertz CT molecular complexity index is 463. The van der Waals surface area contributed by atoms with Gasteiger partial charge in [-0.2, -0.15) is 0 Å². The van der Waals surface area contributed by atoms with Crippen molar-refractivity contribution in [1.82, 2.24) is 0 Å². The first kappa shape index (κ1) is 16.5. The molecular weight excluding hydrogens is 254 g/mol. The third-order valence-electron chi connectivity index (χ3n) is 3.14. The van der Waals surface area contributed by atoms with Gasteiger partial charge >= 0.3 is 5.97 Å². The van der Waals surface area contributed by atoms with Gasteiger partial charge in [0.05, 0.1) is 13.7 Å². The molecule has 0 aromatic heterocycles. The van der Waals surface area contributed by atoms with Crippen LogP contribution in [0, 0.1) is 6.92 Å². The molecule has 2 N–H and O–H groups in total. The minimum absolute atomic E-state index is 0.00744. The Morgan fingerprint density at radius 1 is 1.35 bits per heavy atom. The quantitative estimate of drug-likeness (QED) is 0.841. The minimum atomic E-state index is -0.636. The number of ether oxygens (including phenoxy) is 2. The molecule has 4 nitrogen and oxygen atoms in total. The van der Waals surface area contributed by atoms with Crippen molar-refractivity contribution in [2.24, 2.45) is 5.73 Å². The van der Waals surface area contributed by atoms with Gasteiger partial charge in [-0.15, -0.1) is 0 Å². The van der Waals surface area contributed by atoms with Gasteiger partial charge in [-0.25, -0.2) is 0 Å². The van der Waals surface area contributed by atoms with E-state index in [0.29, 0.717) is 13.0 Å². The van der Waals surface area contributed by atoms with Gasteiger partial charge < -0.3 is 15.2 Å². The molecule has 1 unspecified atom stereocenters. The molecule has 0 heterocycles. The number of carbonyl (C=O) groups excluding carboxylic acids is 1. The zero-order valence-corrected chi connectivity index (χ0v) is 13.0. The monoisotopic (exact) mass is 279 g/mol. The smallest absolute Gasteiger partial charge is 0.322 e. The van der Waals surface area contributed by atoms with E-state index in [4.69, 9.17) is 10.5 Å². The summed E-state index contributed by atoms with van der Waals surface area (Å²) in [7, 11) is 1.33. The second-order valence-corrected chi connectivity index (χ2v) is 6.02. The van der Waals surface area contributed by atoms with E-state index in [2.05, 4.69) is 37.6 Å². The van der Waals surface area contributed by atoms with Crippen LogP contribution in [0.3, 0.4) is 0 Å². The number of carbonyl (C=O) groups is 1. The van der Waals surface area contributed by atoms with Crippen LogP contribution in [0.2, 0.25) is 0 Å². The predicted octanol–water partition coefficient (Wildman–Crippen LogP) is 2.56. The number of rotatable bonds is 5. The topological polar surface area (TPSA) is 61.5 Å². The predicted molar refractivity (Wildman–Crippen MR) is 80.0 cm³/mol. The Morgan fingerprint density at radius 3 is 2.55 bits per heavy atom. The second-order valence-electron chi connectivity index (χ2n) is 6.02. The van der Waals surface area contributed by atoms with Crippen LogP contribution in [0.1, 0.15) is 38.3 Å². The molecule has 0 aliphatic rings. The highest BCUT2D eigenvalue weighted by Gasteiger charge is 2.19. The highest BCUT2D eigenvalue weighted by molar-refractivity contribution is 5.75. The summed E-state index contributed by atoms with van der Waals surface area (Å²) in [4.78, 5) is 11.2. The Kier molecular flexibility index (Phi) is 5.57. The van der Waals surface area contributed by atoms with Gasteiger partial charge in [-0.3, -0.25) is 4.79 Å². The van der Waals surface area contributed by atoms with Gasteiger partial charge in [0.15, 0.2) is 0 Å². The summed E-state index contributed by atoms with van der Waals surface area (Å²) in [6.07, 6.45) is 0.435. The van der Waals surface area contributed by atoms with Crippen molar-refractivity contribution in [1.29, 1.82) is 0 Å². The van der Waals surface area contributed by atoms with E-state index in [9.17, 15) is 4.79 Å². The SMILES string of the molecule is COC(=O)C(N)CCOc1cc(C)ccc1C(C)(C)C. The van der Waals surface area contributed by atoms with E-state index in [1.54, 1.807) is 0 Å². The van der Waals surface area contributed by atoms with Crippen molar-refractivity contribution in [2.75, 3.05) is 13.7 Å². The standard InChI is InChI=1S/C16H25NO3/c1-11-6-7-12(16(2,3)4)14(10-11)20-9-8-13(17)15(18)19-5/h6-7,10,13H,8-9,17H2,1-5H3. The molecule has 0 saturated carbocycles. The van der Waals surface area contributed by atoms with Crippen LogP contribution in [0.5, 0.6) is 5.75 Å². The molecule has 0 bridgehead atoms. The number of hydrogen-bond acceptors (Lipinski definition) is 4. The van der Waals surface area contributed by atoms with Crippen LogP contribution in [0.15, 0.2) is 18.2 Å². The van der Waals surface area contributed by atoms with Crippen molar-refractivity contribution < 1.29 is 14.3 Å². The van der Waals surface area contributed by atoms with E-state index in [0.717, 1.165) is 16.9 Å². The summed E-state index contributed by atoms with van der Waals surface area (Å²) in [5.74, 6) is 0.448. The van der Waals surface area contributed by atoms with E-state index in [-0.39, 0.29) is 5.41 Å². The minimum Gasteiger partial charge on any atom is -0.493 e. The fraction of sp³-hybridized carbons (Fsp3) is 0.562. The molecular formula is C16H25NO3. The number of hydrogen-bond donors (Lipinski definition) is 1. The molecule has 4 heteroatoms. The summed E-state index contributed by atoms with van der Waals surface area (Å²) in [6.45, 7) is 8.85. The van der Waals surface area contributed by atoms with Crippen LogP contribution >= 0.6 is 0 Å². The molecule has 1 aromatic carbocycles. The molecule has 1 atom stereocenters. The van der Waals surface area contributed by atoms with Crippen LogP contribution in [-0.2, 0) is 14.9 Å². The Balaban J connectivity index is 2.72. The van der Waals surface area contributed by atoms with Crippen molar-refractivity contribution in [3.05, 3.63) is 29.3 Å².